The van der Waals surface area contributed by atoms with Crippen molar-refractivity contribution in [2.45, 2.75) is 38.7 Å². The molecule has 0 saturated heterocycles. The Morgan fingerprint density at radius 3 is 2.26 bits per heavy atom. The summed E-state index contributed by atoms with van der Waals surface area (Å²) in [5.74, 6) is 0.0920. The molecule has 7 heteroatoms. The molecular weight excluding hydrogens is 364 g/mol. The second-order valence-electron chi connectivity index (χ2n) is 6.23. The Labute approximate surface area is 161 Å². The Balaban J connectivity index is 2.44. The lowest BCUT2D eigenvalue weighted by molar-refractivity contribution is 0.102. The molecule has 0 spiro atoms. The molecule has 0 heterocycles. The van der Waals surface area contributed by atoms with Gasteiger partial charge in [-0.25, -0.2) is 8.42 Å². The van der Waals surface area contributed by atoms with Crippen LogP contribution in [-0.4, -0.2) is 37.8 Å². The molecule has 0 atom stereocenters. The van der Waals surface area contributed by atoms with E-state index in [1.807, 2.05) is 19.9 Å². The smallest absolute Gasteiger partial charge is 0.255 e. The molecule has 0 unspecified atom stereocenters. The first-order valence-corrected chi connectivity index (χ1v) is 10.4. The Kier molecular flexibility index (Phi) is 6.98. The van der Waals surface area contributed by atoms with Crippen LogP contribution < -0.4 is 10.1 Å². The molecule has 0 aromatic heterocycles. The summed E-state index contributed by atoms with van der Waals surface area (Å²) in [6.07, 6.45) is -0.123. The van der Waals surface area contributed by atoms with Gasteiger partial charge >= 0.3 is 0 Å². The minimum absolute atomic E-state index is 0.116. The lowest BCUT2D eigenvalue weighted by Gasteiger charge is -2.20. The SMILES string of the molecule is CCN(CC)S(=O)(=O)c1ccc(OC(C)C)c(NC(=O)c2ccccc2)c1. The predicted molar refractivity (Wildman–Crippen MR) is 107 cm³/mol. The molecule has 1 N–H and O–H groups in total. The lowest BCUT2D eigenvalue weighted by Crippen LogP contribution is -2.30. The predicted octanol–water partition coefficient (Wildman–Crippen LogP) is 3.76. The standard InChI is InChI=1S/C20H26N2O4S/c1-5-22(6-2)27(24,25)17-12-13-19(26-15(3)4)18(14-17)21-20(23)16-10-8-7-9-11-16/h7-15H,5-6H2,1-4H3,(H,21,23). The van der Waals surface area contributed by atoms with Crippen molar-refractivity contribution >= 4 is 21.6 Å². The van der Waals surface area contributed by atoms with Gasteiger partial charge in [-0.15, -0.1) is 0 Å². The molecule has 0 saturated carbocycles. The van der Waals surface area contributed by atoms with E-state index >= 15 is 0 Å². The summed E-state index contributed by atoms with van der Waals surface area (Å²) in [6, 6.07) is 13.3. The fourth-order valence-electron chi connectivity index (χ4n) is 2.62. The van der Waals surface area contributed by atoms with Crippen molar-refractivity contribution in [2.75, 3.05) is 18.4 Å². The fraction of sp³-hybridized carbons (Fsp3) is 0.350. The van der Waals surface area contributed by atoms with E-state index in [4.69, 9.17) is 4.74 Å². The molecular formula is C20H26N2O4S. The highest BCUT2D eigenvalue weighted by molar-refractivity contribution is 7.89. The topological polar surface area (TPSA) is 75.7 Å². The van der Waals surface area contributed by atoms with Gasteiger partial charge in [0, 0.05) is 18.7 Å². The molecule has 2 rings (SSSR count). The van der Waals surface area contributed by atoms with Gasteiger partial charge in [-0.05, 0) is 44.2 Å². The van der Waals surface area contributed by atoms with Gasteiger partial charge in [0.25, 0.3) is 5.91 Å². The van der Waals surface area contributed by atoms with Crippen LogP contribution in [0.2, 0.25) is 0 Å². The third kappa shape index (κ3) is 5.08. The number of carbonyl (C=O) groups is 1. The third-order valence-electron chi connectivity index (χ3n) is 3.94. The van der Waals surface area contributed by atoms with Crippen LogP contribution in [0.25, 0.3) is 0 Å². The minimum atomic E-state index is -3.64. The van der Waals surface area contributed by atoms with Gasteiger partial charge in [0.05, 0.1) is 16.7 Å². The summed E-state index contributed by atoms with van der Waals surface area (Å²) in [7, 11) is -3.64. The van der Waals surface area contributed by atoms with Gasteiger partial charge in [0.15, 0.2) is 0 Å². The number of nitrogens with zero attached hydrogens (tertiary/aromatic N) is 1. The maximum absolute atomic E-state index is 12.8. The average molecular weight is 391 g/mol. The zero-order valence-corrected chi connectivity index (χ0v) is 16.9. The van der Waals surface area contributed by atoms with Crippen molar-refractivity contribution in [3.05, 3.63) is 54.1 Å². The number of amides is 1. The number of carbonyl (C=O) groups excluding carboxylic acids is 1. The fourth-order valence-corrected chi connectivity index (χ4v) is 4.11. The van der Waals surface area contributed by atoms with Crippen LogP contribution in [0.5, 0.6) is 5.75 Å². The van der Waals surface area contributed by atoms with Gasteiger partial charge in [0.1, 0.15) is 5.75 Å². The van der Waals surface area contributed by atoms with Gasteiger partial charge in [-0.1, -0.05) is 32.0 Å². The summed E-state index contributed by atoms with van der Waals surface area (Å²) in [5, 5.41) is 2.77. The monoisotopic (exact) mass is 390 g/mol. The number of hydrogen-bond donors (Lipinski definition) is 1. The Bertz CT molecular complexity index is 876. The number of ether oxygens (including phenoxy) is 1. The molecule has 146 valence electrons. The number of benzene rings is 2. The van der Waals surface area contributed by atoms with Crippen LogP contribution in [0, 0.1) is 0 Å². The van der Waals surface area contributed by atoms with E-state index in [-0.39, 0.29) is 16.9 Å². The maximum Gasteiger partial charge on any atom is 0.255 e. The number of rotatable bonds is 8. The summed E-state index contributed by atoms with van der Waals surface area (Å²) in [5.41, 5.74) is 0.802. The van der Waals surface area contributed by atoms with E-state index in [0.29, 0.717) is 30.1 Å². The van der Waals surface area contributed by atoms with Gasteiger partial charge < -0.3 is 10.1 Å². The van der Waals surface area contributed by atoms with Crippen molar-refractivity contribution in [3.63, 3.8) is 0 Å². The molecule has 0 radical (unpaired) electrons. The number of nitrogens with one attached hydrogen (secondary N) is 1. The van der Waals surface area contributed by atoms with Crippen molar-refractivity contribution in [2.24, 2.45) is 0 Å². The lowest BCUT2D eigenvalue weighted by atomic mass is 10.2. The summed E-state index contributed by atoms with van der Waals surface area (Å²) < 4.78 is 32.7. The number of sulfonamides is 1. The van der Waals surface area contributed by atoms with Crippen LogP contribution in [0.15, 0.2) is 53.4 Å². The average Bonchev–Trinajstić information content (AvgIpc) is 2.64. The first-order valence-electron chi connectivity index (χ1n) is 8.96. The van der Waals surface area contributed by atoms with E-state index in [0.717, 1.165) is 0 Å². The number of hydrogen-bond acceptors (Lipinski definition) is 4. The minimum Gasteiger partial charge on any atom is -0.489 e. The van der Waals surface area contributed by atoms with E-state index in [9.17, 15) is 13.2 Å². The molecule has 6 nitrogen and oxygen atoms in total. The van der Waals surface area contributed by atoms with Crippen LogP contribution >= 0.6 is 0 Å². The first-order chi connectivity index (χ1) is 12.8. The highest BCUT2D eigenvalue weighted by atomic mass is 32.2. The van der Waals surface area contributed by atoms with Gasteiger partial charge in [0.2, 0.25) is 10.0 Å². The first kappa shape index (κ1) is 20.9. The zero-order chi connectivity index (χ0) is 20.0. The highest BCUT2D eigenvalue weighted by Gasteiger charge is 2.23. The molecule has 0 bridgehead atoms. The van der Waals surface area contributed by atoms with Crippen molar-refractivity contribution < 1.29 is 17.9 Å². The van der Waals surface area contributed by atoms with Gasteiger partial charge in [-0.3, -0.25) is 4.79 Å². The molecule has 2 aromatic carbocycles. The van der Waals surface area contributed by atoms with Gasteiger partial charge in [-0.2, -0.15) is 4.31 Å². The Hall–Kier alpha value is -2.38. The van der Waals surface area contributed by atoms with Crippen LogP contribution in [0.3, 0.4) is 0 Å². The quantitative estimate of drug-likeness (QED) is 0.745. The number of anilines is 1. The summed E-state index contributed by atoms with van der Waals surface area (Å²) in [6.45, 7) is 8.04. The molecule has 0 fully saturated rings. The van der Waals surface area contributed by atoms with Crippen molar-refractivity contribution in [1.82, 2.24) is 4.31 Å². The molecule has 0 aliphatic heterocycles. The van der Waals surface area contributed by atoms with E-state index in [1.54, 1.807) is 44.2 Å². The van der Waals surface area contributed by atoms with E-state index in [2.05, 4.69) is 5.32 Å². The second-order valence-corrected chi connectivity index (χ2v) is 8.17. The van der Waals surface area contributed by atoms with Crippen LogP contribution in [0.4, 0.5) is 5.69 Å². The van der Waals surface area contributed by atoms with E-state index in [1.165, 1.54) is 16.4 Å². The van der Waals surface area contributed by atoms with Crippen LogP contribution in [-0.2, 0) is 10.0 Å². The Morgan fingerprint density at radius 2 is 1.70 bits per heavy atom. The molecule has 0 aliphatic carbocycles. The van der Waals surface area contributed by atoms with Crippen molar-refractivity contribution in [1.29, 1.82) is 0 Å². The molecule has 0 aliphatic rings. The van der Waals surface area contributed by atoms with Crippen molar-refractivity contribution in [3.8, 4) is 5.75 Å². The van der Waals surface area contributed by atoms with Crippen LogP contribution in [0.1, 0.15) is 38.1 Å². The maximum atomic E-state index is 12.8. The summed E-state index contributed by atoms with van der Waals surface area (Å²) in [4.78, 5) is 12.6. The third-order valence-corrected chi connectivity index (χ3v) is 5.99. The molecule has 27 heavy (non-hydrogen) atoms. The highest BCUT2D eigenvalue weighted by Crippen LogP contribution is 2.30. The second kappa shape index (κ2) is 9.01. The Morgan fingerprint density at radius 1 is 1.07 bits per heavy atom. The largest absolute Gasteiger partial charge is 0.489 e. The molecule has 1 amide bonds. The summed E-state index contributed by atoms with van der Waals surface area (Å²) >= 11 is 0. The molecule has 2 aromatic rings. The normalized spacial score (nSPS) is 11.6. The van der Waals surface area contributed by atoms with E-state index < -0.39 is 10.0 Å². The zero-order valence-electron chi connectivity index (χ0n) is 16.1.